The van der Waals surface area contributed by atoms with Crippen LogP contribution in [0.15, 0.2) is 0 Å². The number of unbranched alkanes of at least 4 members (excludes halogenated alkanes) is 2. The number of nitrogens with two attached hydrogens (primary N) is 1. The molecule has 19 heavy (non-hydrogen) atoms. The summed E-state index contributed by atoms with van der Waals surface area (Å²) in [7, 11) is 0. The number of carbonyl (C=O) groups is 1. The lowest BCUT2D eigenvalue weighted by Crippen LogP contribution is -2.24. The first-order valence-electron chi connectivity index (χ1n) is 6.93. The molecule has 0 aromatic carbocycles. The summed E-state index contributed by atoms with van der Waals surface area (Å²) in [5, 5.41) is 3.72. The predicted octanol–water partition coefficient (Wildman–Crippen LogP) is 2.49. The van der Waals surface area contributed by atoms with Crippen molar-refractivity contribution >= 4 is 28.2 Å². The Morgan fingerprint density at radius 2 is 2.00 bits per heavy atom. The number of carbonyl (C=O) groups excluding carboxylic acids is 1. The van der Waals surface area contributed by atoms with Crippen molar-refractivity contribution in [2.24, 2.45) is 0 Å². The minimum atomic E-state index is -0.107. The molecule has 0 aliphatic carbocycles. The van der Waals surface area contributed by atoms with Gasteiger partial charge in [-0.1, -0.05) is 31.1 Å². The van der Waals surface area contributed by atoms with Gasteiger partial charge < -0.3 is 16.0 Å². The standard InChI is InChI=1S/C13H24N4OS/c1-4-7-8-9-15-12(18)10-11(14)16-13(19-10)17(5-2)6-3/h4-9,14H2,1-3H3,(H,15,18). The van der Waals surface area contributed by atoms with Gasteiger partial charge in [-0.05, 0) is 20.3 Å². The van der Waals surface area contributed by atoms with Crippen LogP contribution < -0.4 is 16.0 Å². The summed E-state index contributed by atoms with van der Waals surface area (Å²) >= 11 is 1.37. The van der Waals surface area contributed by atoms with E-state index in [2.05, 4.69) is 36.0 Å². The quantitative estimate of drug-likeness (QED) is 0.719. The lowest BCUT2D eigenvalue weighted by Gasteiger charge is -2.16. The highest BCUT2D eigenvalue weighted by Gasteiger charge is 2.17. The first-order valence-corrected chi connectivity index (χ1v) is 7.75. The van der Waals surface area contributed by atoms with E-state index >= 15 is 0 Å². The molecule has 3 N–H and O–H groups in total. The summed E-state index contributed by atoms with van der Waals surface area (Å²) < 4.78 is 0. The number of aromatic nitrogens is 1. The van der Waals surface area contributed by atoms with Gasteiger partial charge >= 0.3 is 0 Å². The van der Waals surface area contributed by atoms with E-state index in [-0.39, 0.29) is 5.91 Å². The summed E-state index contributed by atoms with van der Waals surface area (Å²) in [6.45, 7) is 8.68. The van der Waals surface area contributed by atoms with Crippen molar-refractivity contribution in [2.75, 3.05) is 30.3 Å². The van der Waals surface area contributed by atoms with Gasteiger partial charge in [-0.3, -0.25) is 4.79 Å². The molecule has 0 saturated carbocycles. The maximum absolute atomic E-state index is 12.0. The molecule has 1 aromatic rings. The van der Waals surface area contributed by atoms with Gasteiger partial charge in [0.2, 0.25) is 0 Å². The zero-order valence-electron chi connectivity index (χ0n) is 12.0. The van der Waals surface area contributed by atoms with Crippen LogP contribution in [0.3, 0.4) is 0 Å². The van der Waals surface area contributed by atoms with Crippen LogP contribution in [-0.2, 0) is 0 Å². The average molecular weight is 284 g/mol. The minimum Gasteiger partial charge on any atom is -0.382 e. The Hall–Kier alpha value is -1.30. The Morgan fingerprint density at radius 1 is 1.32 bits per heavy atom. The molecular weight excluding hydrogens is 260 g/mol. The van der Waals surface area contributed by atoms with Crippen molar-refractivity contribution in [3.05, 3.63) is 4.88 Å². The zero-order chi connectivity index (χ0) is 14.3. The van der Waals surface area contributed by atoms with Crippen molar-refractivity contribution in [1.82, 2.24) is 10.3 Å². The topological polar surface area (TPSA) is 71.2 Å². The maximum atomic E-state index is 12.0. The molecule has 0 atom stereocenters. The molecule has 0 aliphatic heterocycles. The molecule has 0 radical (unpaired) electrons. The number of rotatable bonds is 8. The van der Waals surface area contributed by atoms with Gasteiger partial charge in [0.05, 0.1) is 0 Å². The van der Waals surface area contributed by atoms with Crippen molar-refractivity contribution in [3.8, 4) is 0 Å². The van der Waals surface area contributed by atoms with E-state index < -0.39 is 0 Å². The van der Waals surface area contributed by atoms with E-state index in [0.29, 0.717) is 17.2 Å². The SMILES string of the molecule is CCCCCNC(=O)c1sc(N(CC)CC)nc1N. The van der Waals surface area contributed by atoms with Crippen LogP contribution in [0.25, 0.3) is 0 Å². The fourth-order valence-corrected chi connectivity index (χ4v) is 2.80. The van der Waals surface area contributed by atoms with E-state index in [0.717, 1.165) is 37.5 Å². The summed E-state index contributed by atoms with van der Waals surface area (Å²) in [4.78, 5) is 18.9. The van der Waals surface area contributed by atoms with Gasteiger partial charge in [0.25, 0.3) is 5.91 Å². The molecule has 1 aromatic heterocycles. The van der Waals surface area contributed by atoms with E-state index in [1.165, 1.54) is 11.3 Å². The molecule has 108 valence electrons. The van der Waals surface area contributed by atoms with Gasteiger partial charge in [0.15, 0.2) is 5.13 Å². The normalized spacial score (nSPS) is 10.5. The molecule has 0 saturated heterocycles. The van der Waals surface area contributed by atoms with Crippen LogP contribution in [0.1, 0.15) is 49.7 Å². The van der Waals surface area contributed by atoms with Crippen LogP contribution in [-0.4, -0.2) is 30.5 Å². The Labute approximate surface area is 119 Å². The Kier molecular flexibility index (Phi) is 6.62. The third-order valence-corrected chi connectivity index (χ3v) is 4.08. The number of amides is 1. The van der Waals surface area contributed by atoms with E-state index in [1.807, 2.05) is 0 Å². The highest BCUT2D eigenvalue weighted by molar-refractivity contribution is 7.18. The lowest BCUT2D eigenvalue weighted by atomic mass is 10.2. The second-order valence-corrected chi connectivity index (χ2v) is 5.32. The Morgan fingerprint density at radius 3 is 2.58 bits per heavy atom. The first-order chi connectivity index (χ1) is 9.13. The van der Waals surface area contributed by atoms with Crippen molar-refractivity contribution in [3.63, 3.8) is 0 Å². The fourth-order valence-electron chi connectivity index (χ4n) is 1.77. The van der Waals surface area contributed by atoms with Crippen LogP contribution in [0, 0.1) is 0 Å². The van der Waals surface area contributed by atoms with Gasteiger partial charge in [-0.15, -0.1) is 0 Å². The minimum absolute atomic E-state index is 0.107. The first kappa shape index (κ1) is 15.8. The molecule has 0 bridgehead atoms. The summed E-state index contributed by atoms with van der Waals surface area (Å²) in [6, 6.07) is 0. The summed E-state index contributed by atoms with van der Waals surface area (Å²) in [5.41, 5.74) is 5.83. The molecule has 1 heterocycles. The lowest BCUT2D eigenvalue weighted by molar-refractivity contribution is 0.0957. The summed E-state index contributed by atoms with van der Waals surface area (Å²) in [6.07, 6.45) is 3.28. The molecule has 0 unspecified atom stereocenters. The molecule has 0 aliphatic rings. The number of hydrogen-bond donors (Lipinski definition) is 2. The molecule has 0 spiro atoms. The number of hydrogen-bond acceptors (Lipinski definition) is 5. The van der Waals surface area contributed by atoms with Crippen LogP contribution in [0.2, 0.25) is 0 Å². The third-order valence-electron chi connectivity index (χ3n) is 2.95. The van der Waals surface area contributed by atoms with Crippen molar-refractivity contribution < 1.29 is 4.79 Å². The molecule has 5 nitrogen and oxygen atoms in total. The highest BCUT2D eigenvalue weighted by Crippen LogP contribution is 2.27. The fraction of sp³-hybridized carbons (Fsp3) is 0.692. The molecule has 6 heteroatoms. The summed E-state index contributed by atoms with van der Waals surface area (Å²) in [5.74, 6) is 0.226. The largest absolute Gasteiger partial charge is 0.382 e. The smallest absolute Gasteiger partial charge is 0.265 e. The Balaban J connectivity index is 2.64. The predicted molar refractivity (Wildman–Crippen MR) is 81.9 cm³/mol. The van der Waals surface area contributed by atoms with E-state index in [9.17, 15) is 4.79 Å². The number of nitrogens with one attached hydrogen (secondary N) is 1. The molecule has 0 fully saturated rings. The molecular formula is C13H24N4OS. The Bertz CT molecular complexity index is 401. The molecule has 1 amide bonds. The van der Waals surface area contributed by atoms with E-state index in [4.69, 9.17) is 5.73 Å². The van der Waals surface area contributed by atoms with Crippen LogP contribution >= 0.6 is 11.3 Å². The number of nitrogens with zero attached hydrogens (tertiary/aromatic N) is 2. The zero-order valence-corrected chi connectivity index (χ0v) is 12.8. The van der Waals surface area contributed by atoms with Gasteiger partial charge in [-0.25, -0.2) is 4.98 Å². The number of anilines is 2. The second kappa shape index (κ2) is 7.99. The number of thiazole rings is 1. The highest BCUT2D eigenvalue weighted by atomic mass is 32.1. The monoisotopic (exact) mass is 284 g/mol. The second-order valence-electron chi connectivity index (χ2n) is 4.35. The number of nitrogen functional groups attached to an aromatic ring is 1. The molecule has 1 rings (SSSR count). The van der Waals surface area contributed by atoms with Crippen molar-refractivity contribution in [1.29, 1.82) is 0 Å². The third kappa shape index (κ3) is 4.38. The van der Waals surface area contributed by atoms with Crippen LogP contribution in [0.4, 0.5) is 10.9 Å². The van der Waals surface area contributed by atoms with Gasteiger partial charge in [0.1, 0.15) is 10.7 Å². The van der Waals surface area contributed by atoms with Crippen molar-refractivity contribution in [2.45, 2.75) is 40.0 Å². The van der Waals surface area contributed by atoms with Gasteiger partial charge in [-0.2, -0.15) is 0 Å². The average Bonchev–Trinajstić information content (AvgIpc) is 2.78. The van der Waals surface area contributed by atoms with Gasteiger partial charge in [0, 0.05) is 19.6 Å². The van der Waals surface area contributed by atoms with E-state index in [1.54, 1.807) is 0 Å². The van der Waals surface area contributed by atoms with Crippen LogP contribution in [0.5, 0.6) is 0 Å². The maximum Gasteiger partial charge on any atom is 0.265 e.